The Kier molecular flexibility index (Phi) is 4.17. The third-order valence-electron chi connectivity index (χ3n) is 4.83. The lowest BCUT2D eigenvalue weighted by molar-refractivity contribution is -0.124. The maximum absolute atomic E-state index is 12.0. The molecule has 3 amide bonds. The van der Waals surface area contributed by atoms with Gasteiger partial charge >= 0.3 is 6.03 Å². The second kappa shape index (κ2) is 5.93. The maximum atomic E-state index is 12.0. The van der Waals surface area contributed by atoms with Crippen LogP contribution in [0.4, 0.5) is 4.79 Å². The number of urea groups is 1. The predicted octanol–water partition coefficient (Wildman–Crippen LogP) is 1.34. The highest BCUT2D eigenvalue weighted by atomic mass is 16.6. The van der Waals surface area contributed by atoms with E-state index < -0.39 is 5.54 Å². The van der Waals surface area contributed by atoms with Crippen molar-refractivity contribution in [2.24, 2.45) is 5.92 Å². The number of hydrogen-bond acceptors (Lipinski definition) is 4. The van der Waals surface area contributed by atoms with Crippen molar-refractivity contribution >= 4 is 11.9 Å². The lowest BCUT2D eigenvalue weighted by atomic mass is 9.86. The minimum absolute atomic E-state index is 0.178. The van der Waals surface area contributed by atoms with E-state index in [1.165, 1.54) is 0 Å². The van der Waals surface area contributed by atoms with Crippen molar-refractivity contribution in [2.45, 2.75) is 63.2 Å². The molecule has 0 bridgehead atoms. The van der Waals surface area contributed by atoms with Crippen LogP contribution in [0.2, 0.25) is 0 Å². The Morgan fingerprint density at radius 1 is 1.24 bits per heavy atom. The number of ether oxygens (including phenoxy) is 2. The predicted molar refractivity (Wildman–Crippen MR) is 75.8 cm³/mol. The third-order valence-corrected chi connectivity index (χ3v) is 4.83. The Morgan fingerprint density at radius 3 is 2.29 bits per heavy atom. The van der Waals surface area contributed by atoms with Crippen molar-refractivity contribution < 1.29 is 19.1 Å². The summed E-state index contributed by atoms with van der Waals surface area (Å²) in [6, 6.07) is -0.365. The molecule has 3 aliphatic rings. The Bertz CT molecular complexity index is 406. The molecular weight excluding hydrogens is 272 g/mol. The second-order valence-electron chi connectivity index (χ2n) is 6.48. The normalized spacial score (nSPS) is 35.3. The summed E-state index contributed by atoms with van der Waals surface area (Å²) in [4.78, 5) is 23.3. The maximum Gasteiger partial charge on any atom is 0.322 e. The summed E-state index contributed by atoms with van der Waals surface area (Å²) < 4.78 is 10.7. The van der Waals surface area contributed by atoms with Crippen LogP contribution in [0, 0.1) is 5.92 Å². The summed E-state index contributed by atoms with van der Waals surface area (Å²) in [5, 5.41) is 5.15. The van der Waals surface area contributed by atoms with Crippen molar-refractivity contribution in [1.29, 1.82) is 0 Å². The summed E-state index contributed by atoms with van der Waals surface area (Å²) >= 11 is 0. The van der Waals surface area contributed by atoms with Gasteiger partial charge < -0.3 is 14.8 Å². The Balaban J connectivity index is 1.47. The monoisotopic (exact) mass is 296 g/mol. The van der Waals surface area contributed by atoms with Gasteiger partial charge in [-0.3, -0.25) is 10.1 Å². The van der Waals surface area contributed by atoms with Crippen LogP contribution in [-0.2, 0) is 14.3 Å². The molecular formula is C15H24N2O4. The third kappa shape index (κ3) is 3.74. The fourth-order valence-electron chi connectivity index (χ4n) is 3.31. The van der Waals surface area contributed by atoms with Crippen LogP contribution in [-0.4, -0.2) is 42.9 Å². The van der Waals surface area contributed by atoms with E-state index in [1.807, 2.05) is 6.92 Å². The van der Waals surface area contributed by atoms with Gasteiger partial charge in [0, 0.05) is 0 Å². The van der Waals surface area contributed by atoms with Crippen molar-refractivity contribution in [1.82, 2.24) is 10.6 Å². The molecule has 3 heterocycles. The summed E-state index contributed by atoms with van der Waals surface area (Å²) in [6.45, 7) is 3.72. The summed E-state index contributed by atoms with van der Waals surface area (Å²) in [6.07, 6.45) is 6.39. The molecule has 3 atom stereocenters. The standard InChI is InChI=1S/C15H24N2O4/c1-2-15(13(18)16-14(19)17-15)5-3-4-10(6-11-8-20-11)7-12-9-21-12/h10-12H,2-9H2,1H3,(H2,16,17,18,19). The van der Waals surface area contributed by atoms with Gasteiger partial charge in [-0.25, -0.2) is 4.79 Å². The fraction of sp³-hybridized carbons (Fsp3) is 0.867. The number of carbonyl (C=O) groups is 2. The molecule has 6 nitrogen and oxygen atoms in total. The highest BCUT2D eigenvalue weighted by molar-refractivity contribution is 6.06. The van der Waals surface area contributed by atoms with Crippen molar-refractivity contribution in [3.05, 3.63) is 0 Å². The van der Waals surface area contributed by atoms with Crippen LogP contribution in [0.3, 0.4) is 0 Å². The Morgan fingerprint density at radius 2 is 1.86 bits per heavy atom. The number of amides is 3. The lowest BCUT2D eigenvalue weighted by Gasteiger charge is -2.25. The second-order valence-corrected chi connectivity index (χ2v) is 6.48. The topological polar surface area (TPSA) is 83.3 Å². The largest absolute Gasteiger partial charge is 0.373 e. The average molecular weight is 296 g/mol. The molecule has 6 heteroatoms. The van der Waals surface area contributed by atoms with Gasteiger partial charge in [-0.1, -0.05) is 19.8 Å². The number of rotatable bonds is 9. The molecule has 2 N–H and O–H groups in total. The molecule has 21 heavy (non-hydrogen) atoms. The van der Waals surface area contributed by atoms with Crippen molar-refractivity contribution in [3.63, 3.8) is 0 Å². The average Bonchev–Trinajstić information content (AvgIpc) is 3.34. The van der Waals surface area contributed by atoms with Gasteiger partial charge in [0.1, 0.15) is 5.54 Å². The first-order chi connectivity index (χ1) is 10.1. The number of carbonyl (C=O) groups excluding carboxylic acids is 2. The van der Waals surface area contributed by atoms with E-state index in [9.17, 15) is 9.59 Å². The first kappa shape index (κ1) is 14.8. The number of imide groups is 1. The molecule has 3 unspecified atom stereocenters. The Hall–Kier alpha value is -1.14. The van der Waals surface area contributed by atoms with E-state index >= 15 is 0 Å². The van der Waals surface area contributed by atoms with E-state index in [1.54, 1.807) is 0 Å². The summed E-state index contributed by atoms with van der Waals surface area (Å²) in [5.74, 6) is 0.418. The number of hydrogen-bond donors (Lipinski definition) is 2. The lowest BCUT2D eigenvalue weighted by Crippen LogP contribution is -2.46. The van der Waals surface area contributed by atoms with E-state index in [0.29, 0.717) is 31.0 Å². The van der Waals surface area contributed by atoms with E-state index in [0.717, 1.165) is 38.9 Å². The molecule has 3 rings (SSSR count). The minimum Gasteiger partial charge on any atom is -0.373 e. The highest BCUT2D eigenvalue weighted by Crippen LogP contribution is 2.32. The highest BCUT2D eigenvalue weighted by Gasteiger charge is 2.44. The number of epoxide rings is 2. The van der Waals surface area contributed by atoms with E-state index in [-0.39, 0.29) is 11.9 Å². The fourth-order valence-corrected chi connectivity index (χ4v) is 3.31. The van der Waals surface area contributed by atoms with Gasteiger partial charge in [-0.05, 0) is 31.6 Å². The van der Waals surface area contributed by atoms with Crippen LogP contribution in [0.5, 0.6) is 0 Å². The molecule has 0 aromatic rings. The first-order valence-corrected chi connectivity index (χ1v) is 7.98. The van der Waals surface area contributed by atoms with Gasteiger partial charge in [0.05, 0.1) is 25.4 Å². The van der Waals surface area contributed by atoms with Crippen LogP contribution < -0.4 is 10.6 Å². The van der Waals surface area contributed by atoms with Crippen LogP contribution in [0.15, 0.2) is 0 Å². The molecule has 0 saturated carbocycles. The molecule has 3 aliphatic heterocycles. The van der Waals surface area contributed by atoms with Crippen molar-refractivity contribution in [2.75, 3.05) is 13.2 Å². The molecule has 3 saturated heterocycles. The van der Waals surface area contributed by atoms with E-state index in [4.69, 9.17) is 9.47 Å². The summed E-state index contributed by atoms with van der Waals surface area (Å²) in [5.41, 5.74) is -0.701. The van der Waals surface area contributed by atoms with Crippen LogP contribution in [0.25, 0.3) is 0 Å². The Labute approximate surface area is 124 Å². The quantitative estimate of drug-likeness (QED) is 0.497. The minimum atomic E-state index is -0.701. The van der Waals surface area contributed by atoms with Gasteiger partial charge in [0.2, 0.25) is 0 Å². The van der Waals surface area contributed by atoms with Gasteiger partial charge in [-0.15, -0.1) is 0 Å². The molecule has 3 fully saturated rings. The molecule has 0 aromatic heterocycles. The van der Waals surface area contributed by atoms with Gasteiger partial charge in [-0.2, -0.15) is 0 Å². The van der Waals surface area contributed by atoms with E-state index in [2.05, 4.69) is 10.6 Å². The molecule has 118 valence electrons. The van der Waals surface area contributed by atoms with Crippen LogP contribution >= 0.6 is 0 Å². The summed E-state index contributed by atoms with van der Waals surface area (Å²) in [7, 11) is 0. The van der Waals surface area contributed by atoms with Gasteiger partial charge in [0.25, 0.3) is 5.91 Å². The molecule has 0 spiro atoms. The SMILES string of the molecule is CCC1(CCCC(CC2CO2)CC2CO2)NC(=O)NC1=O. The first-order valence-electron chi connectivity index (χ1n) is 7.98. The molecule has 0 aliphatic carbocycles. The van der Waals surface area contributed by atoms with Crippen molar-refractivity contribution in [3.8, 4) is 0 Å². The zero-order chi connectivity index (χ0) is 14.9. The van der Waals surface area contributed by atoms with Crippen LogP contribution in [0.1, 0.15) is 45.4 Å². The zero-order valence-electron chi connectivity index (χ0n) is 12.5. The number of nitrogens with one attached hydrogen (secondary N) is 2. The molecule has 0 radical (unpaired) electrons. The van der Waals surface area contributed by atoms with Gasteiger partial charge in [0.15, 0.2) is 0 Å². The smallest absolute Gasteiger partial charge is 0.322 e. The molecule has 0 aromatic carbocycles. The zero-order valence-corrected chi connectivity index (χ0v) is 12.5.